The Morgan fingerprint density at radius 1 is 1.30 bits per heavy atom. The molecule has 5 nitrogen and oxygen atoms in total. The molecule has 1 unspecified atom stereocenters. The number of hydrogen-bond donors (Lipinski definition) is 1. The molecule has 0 spiro atoms. The van der Waals surface area contributed by atoms with Crippen molar-refractivity contribution >= 4 is 17.9 Å². The van der Waals surface area contributed by atoms with Gasteiger partial charge >= 0.3 is 12.2 Å². The molecule has 3 rings (SSSR count). The van der Waals surface area contributed by atoms with Gasteiger partial charge in [-0.25, -0.2) is 4.79 Å². The number of piperidine rings is 1. The number of aromatic nitrogens is 2. The Bertz CT molecular complexity index is 836. The van der Waals surface area contributed by atoms with Crippen LogP contribution in [0.4, 0.5) is 23.8 Å². The van der Waals surface area contributed by atoms with Gasteiger partial charge in [0.25, 0.3) is 0 Å². The van der Waals surface area contributed by atoms with Gasteiger partial charge in [-0.1, -0.05) is 30.7 Å². The summed E-state index contributed by atoms with van der Waals surface area (Å²) in [6.07, 6.45) is -0.450. The number of rotatable bonds is 2. The highest BCUT2D eigenvalue weighted by Crippen LogP contribution is 2.31. The van der Waals surface area contributed by atoms with E-state index in [2.05, 4.69) is 15.5 Å². The number of carbonyl (C=O) groups excluding carboxylic acids is 1. The number of likely N-dealkylation sites (tertiary alicyclic amines) is 1. The predicted molar refractivity (Wildman–Crippen MR) is 95.8 cm³/mol. The number of benzene rings is 1. The largest absolute Gasteiger partial charge is 0.416 e. The zero-order valence-electron chi connectivity index (χ0n) is 14.7. The van der Waals surface area contributed by atoms with E-state index in [4.69, 9.17) is 0 Å². The summed E-state index contributed by atoms with van der Waals surface area (Å²) in [7, 11) is 0. The van der Waals surface area contributed by atoms with Crippen molar-refractivity contribution < 1.29 is 18.0 Å². The van der Waals surface area contributed by atoms with Crippen LogP contribution in [0.3, 0.4) is 0 Å². The van der Waals surface area contributed by atoms with Gasteiger partial charge < -0.3 is 4.90 Å². The van der Waals surface area contributed by atoms with E-state index in [0.29, 0.717) is 30.9 Å². The van der Waals surface area contributed by atoms with E-state index in [-0.39, 0.29) is 11.9 Å². The van der Waals surface area contributed by atoms with Crippen LogP contribution in [0.15, 0.2) is 48.2 Å². The lowest BCUT2D eigenvalue weighted by Crippen LogP contribution is -2.42. The molecule has 2 aromatic rings. The number of hydrogen-bond acceptors (Lipinski definition) is 3. The molecule has 0 aliphatic carbocycles. The highest BCUT2D eigenvalue weighted by Gasteiger charge is 2.30. The summed E-state index contributed by atoms with van der Waals surface area (Å²) < 4.78 is 38.6. The summed E-state index contributed by atoms with van der Waals surface area (Å²) >= 11 is 0. The van der Waals surface area contributed by atoms with Crippen LogP contribution in [0, 0.1) is 5.92 Å². The van der Waals surface area contributed by atoms with Crippen molar-refractivity contribution in [3.05, 3.63) is 59.3 Å². The van der Waals surface area contributed by atoms with E-state index < -0.39 is 11.7 Å². The maximum absolute atomic E-state index is 12.9. The fraction of sp³-hybridized carbons (Fsp3) is 0.316. The van der Waals surface area contributed by atoms with Crippen molar-refractivity contribution in [3.63, 3.8) is 0 Å². The van der Waals surface area contributed by atoms with Gasteiger partial charge in [-0.15, -0.1) is 5.10 Å². The van der Waals surface area contributed by atoms with E-state index in [1.54, 1.807) is 29.2 Å². The van der Waals surface area contributed by atoms with Gasteiger partial charge in [0.2, 0.25) is 0 Å². The number of urea groups is 1. The topological polar surface area (TPSA) is 58.1 Å². The Hall–Kier alpha value is -2.90. The van der Waals surface area contributed by atoms with Crippen molar-refractivity contribution in [1.29, 1.82) is 0 Å². The molecule has 1 fully saturated rings. The first-order valence-corrected chi connectivity index (χ1v) is 8.54. The van der Waals surface area contributed by atoms with E-state index in [1.807, 2.05) is 6.92 Å². The van der Waals surface area contributed by atoms with Gasteiger partial charge in [0, 0.05) is 19.3 Å². The minimum atomic E-state index is -4.36. The Morgan fingerprint density at radius 3 is 2.78 bits per heavy atom. The van der Waals surface area contributed by atoms with Crippen molar-refractivity contribution in [3.8, 4) is 0 Å². The molecule has 2 amide bonds. The Labute approximate surface area is 154 Å². The van der Waals surface area contributed by atoms with E-state index in [0.717, 1.165) is 17.7 Å². The number of alkyl halides is 3. The lowest BCUT2D eigenvalue weighted by atomic mass is 9.91. The van der Waals surface area contributed by atoms with Gasteiger partial charge in [0.05, 0.1) is 5.56 Å². The van der Waals surface area contributed by atoms with Crippen molar-refractivity contribution in [2.75, 3.05) is 18.4 Å². The molecule has 27 heavy (non-hydrogen) atoms. The van der Waals surface area contributed by atoms with E-state index >= 15 is 0 Å². The molecule has 142 valence electrons. The quantitative estimate of drug-likeness (QED) is 0.842. The average Bonchev–Trinajstić information content (AvgIpc) is 2.64. The number of halogens is 3. The molecule has 1 N–H and O–H groups in total. The summed E-state index contributed by atoms with van der Waals surface area (Å²) in [6.45, 7) is 2.93. The third-order valence-corrected chi connectivity index (χ3v) is 4.46. The first-order chi connectivity index (χ1) is 12.8. The zero-order chi connectivity index (χ0) is 19.4. The maximum atomic E-state index is 12.9. The van der Waals surface area contributed by atoms with Gasteiger partial charge in [-0.2, -0.15) is 18.3 Å². The van der Waals surface area contributed by atoms with E-state index in [1.165, 1.54) is 12.3 Å². The van der Waals surface area contributed by atoms with Crippen LogP contribution in [0.1, 0.15) is 24.5 Å². The van der Waals surface area contributed by atoms with Crippen LogP contribution in [0.2, 0.25) is 0 Å². The molecule has 1 saturated heterocycles. The van der Waals surface area contributed by atoms with Crippen molar-refractivity contribution in [2.45, 2.75) is 19.5 Å². The minimum absolute atomic E-state index is 0.0425. The van der Waals surface area contributed by atoms with Crippen LogP contribution < -0.4 is 5.32 Å². The monoisotopic (exact) mass is 376 g/mol. The van der Waals surface area contributed by atoms with Gasteiger partial charge in [0.1, 0.15) is 0 Å². The maximum Gasteiger partial charge on any atom is 0.416 e. The molecule has 1 atom stereocenters. The highest BCUT2D eigenvalue weighted by atomic mass is 19.4. The summed E-state index contributed by atoms with van der Waals surface area (Å²) in [5.74, 6) is 0.418. The molecule has 8 heteroatoms. The number of carbonyl (C=O) groups is 1. The second-order valence-electron chi connectivity index (χ2n) is 6.48. The van der Waals surface area contributed by atoms with Crippen LogP contribution in [-0.2, 0) is 6.18 Å². The molecule has 1 aromatic carbocycles. The molecule has 1 aliphatic heterocycles. The van der Waals surface area contributed by atoms with Crippen molar-refractivity contribution in [1.82, 2.24) is 15.1 Å². The second-order valence-corrected chi connectivity index (χ2v) is 6.48. The second kappa shape index (κ2) is 7.77. The first kappa shape index (κ1) is 18.9. The molecule has 2 heterocycles. The normalized spacial score (nSPS) is 19.2. The lowest BCUT2D eigenvalue weighted by Gasteiger charge is -2.33. The standard InChI is InChI=1S/C19H19F3N4O/c1-13-12-26(18(27)24-17-6-3-8-23-25-17)9-7-15(13)10-14-4-2-5-16(11-14)19(20,21)22/h2-6,8,10-11,13H,7,9,12H2,1H3,(H,24,25,27)/b15-10+. The smallest absolute Gasteiger partial charge is 0.324 e. The zero-order valence-corrected chi connectivity index (χ0v) is 14.7. The molecular weight excluding hydrogens is 357 g/mol. The summed E-state index contributed by atoms with van der Waals surface area (Å²) in [5.41, 5.74) is 0.882. The average molecular weight is 376 g/mol. The SMILES string of the molecule is CC1CN(C(=O)Nc2cccnn2)CC/C1=C\c1cccc(C(F)(F)F)c1. The molecule has 1 aliphatic rings. The molecular formula is C19H19F3N4O. The third kappa shape index (κ3) is 4.84. The fourth-order valence-electron chi connectivity index (χ4n) is 3.02. The Morgan fingerprint density at radius 2 is 2.11 bits per heavy atom. The molecule has 0 saturated carbocycles. The third-order valence-electron chi connectivity index (χ3n) is 4.46. The fourth-order valence-corrected chi connectivity index (χ4v) is 3.02. The molecule has 1 aromatic heterocycles. The first-order valence-electron chi connectivity index (χ1n) is 8.54. The van der Waals surface area contributed by atoms with Crippen molar-refractivity contribution in [2.24, 2.45) is 5.92 Å². The molecule has 0 radical (unpaired) electrons. The van der Waals surface area contributed by atoms with E-state index in [9.17, 15) is 18.0 Å². The van der Waals surface area contributed by atoms with Crippen LogP contribution >= 0.6 is 0 Å². The number of nitrogens with one attached hydrogen (secondary N) is 1. The van der Waals surface area contributed by atoms with Crippen LogP contribution in [0.5, 0.6) is 0 Å². The number of anilines is 1. The number of nitrogens with zero attached hydrogens (tertiary/aromatic N) is 3. The lowest BCUT2D eigenvalue weighted by molar-refractivity contribution is -0.137. The summed E-state index contributed by atoms with van der Waals surface area (Å²) in [5, 5.41) is 10.2. The molecule has 0 bridgehead atoms. The minimum Gasteiger partial charge on any atom is -0.324 e. The highest BCUT2D eigenvalue weighted by molar-refractivity contribution is 5.88. The summed E-state index contributed by atoms with van der Waals surface area (Å²) in [4.78, 5) is 14.0. The Balaban J connectivity index is 1.66. The van der Waals surface area contributed by atoms with Gasteiger partial charge in [-0.3, -0.25) is 5.32 Å². The number of amides is 2. The van der Waals surface area contributed by atoms with Gasteiger partial charge in [0.15, 0.2) is 5.82 Å². The van der Waals surface area contributed by atoms with Crippen LogP contribution in [-0.4, -0.2) is 34.2 Å². The summed E-state index contributed by atoms with van der Waals surface area (Å²) in [6, 6.07) is 8.33. The Kier molecular flexibility index (Phi) is 5.43. The predicted octanol–water partition coefficient (Wildman–Crippen LogP) is 4.45. The van der Waals surface area contributed by atoms with Crippen LogP contribution in [0.25, 0.3) is 6.08 Å². The van der Waals surface area contributed by atoms with Gasteiger partial charge in [-0.05, 0) is 42.2 Å².